The summed E-state index contributed by atoms with van der Waals surface area (Å²) in [5.74, 6) is 0.830. The molecule has 3 rings (SSSR count). The Morgan fingerprint density at radius 3 is 2.87 bits per heavy atom. The molecule has 122 valence electrons. The molecule has 7 heteroatoms. The highest BCUT2D eigenvalue weighted by Gasteiger charge is 2.21. The van der Waals surface area contributed by atoms with E-state index in [1.54, 1.807) is 4.90 Å². The van der Waals surface area contributed by atoms with Crippen LogP contribution in [0.5, 0.6) is 0 Å². The zero-order chi connectivity index (χ0) is 16.4. The molecule has 0 spiro atoms. The van der Waals surface area contributed by atoms with Gasteiger partial charge in [-0.15, -0.1) is 0 Å². The minimum atomic E-state index is -0.0653. The first kappa shape index (κ1) is 15.7. The number of benzene rings is 1. The highest BCUT2D eigenvalue weighted by Crippen LogP contribution is 2.27. The monoisotopic (exact) mass is 331 g/mol. The zero-order valence-electron chi connectivity index (χ0n) is 13.6. The van der Waals surface area contributed by atoms with Gasteiger partial charge >= 0.3 is 6.03 Å². The third-order valence-corrected chi connectivity index (χ3v) is 4.22. The number of nitrogens with one attached hydrogen (secondary N) is 2. The Bertz CT molecular complexity index is 706. The summed E-state index contributed by atoms with van der Waals surface area (Å²) < 4.78 is 4.40. The van der Waals surface area contributed by atoms with E-state index in [1.165, 1.54) is 11.5 Å². The molecule has 1 fully saturated rings. The van der Waals surface area contributed by atoms with Gasteiger partial charge in [-0.05, 0) is 24.6 Å². The SMILES string of the molecule is CC(C)(C)c1nsc(Nc2cccc(N3CCCNC3=O)c2)n1. The maximum Gasteiger partial charge on any atom is 0.321 e. The molecule has 0 atom stereocenters. The molecule has 2 amide bonds. The number of nitrogens with zero attached hydrogens (tertiary/aromatic N) is 3. The van der Waals surface area contributed by atoms with E-state index in [0.29, 0.717) is 0 Å². The molecule has 0 unspecified atom stereocenters. The van der Waals surface area contributed by atoms with Gasteiger partial charge < -0.3 is 10.6 Å². The molecule has 1 aliphatic heterocycles. The van der Waals surface area contributed by atoms with Crippen LogP contribution >= 0.6 is 11.5 Å². The quantitative estimate of drug-likeness (QED) is 0.903. The number of rotatable bonds is 3. The second-order valence-electron chi connectivity index (χ2n) is 6.59. The van der Waals surface area contributed by atoms with Crippen molar-refractivity contribution in [3.05, 3.63) is 30.1 Å². The van der Waals surface area contributed by atoms with E-state index in [2.05, 4.69) is 40.8 Å². The fraction of sp³-hybridized carbons (Fsp3) is 0.438. The Kier molecular flexibility index (Phi) is 4.21. The number of carbonyl (C=O) groups excluding carboxylic acids is 1. The van der Waals surface area contributed by atoms with Crippen molar-refractivity contribution in [3.8, 4) is 0 Å². The standard InChI is InChI=1S/C16H21N5OS/c1-16(2,3)13-19-14(23-20-13)18-11-6-4-7-12(10-11)21-9-5-8-17-15(21)22/h4,6-7,10H,5,8-9H2,1-3H3,(H,17,22)(H,18,19,20). The molecule has 2 N–H and O–H groups in total. The van der Waals surface area contributed by atoms with Crippen LogP contribution in [0.2, 0.25) is 0 Å². The van der Waals surface area contributed by atoms with Gasteiger partial charge in [0.2, 0.25) is 5.13 Å². The van der Waals surface area contributed by atoms with Gasteiger partial charge in [0.15, 0.2) is 0 Å². The molecule has 1 aromatic heterocycles. The maximum atomic E-state index is 12.0. The summed E-state index contributed by atoms with van der Waals surface area (Å²) in [6, 6.07) is 7.76. The third kappa shape index (κ3) is 3.61. The van der Waals surface area contributed by atoms with Crippen LogP contribution in [0, 0.1) is 0 Å². The van der Waals surface area contributed by atoms with Gasteiger partial charge in [0.05, 0.1) is 0 Å². The van der Waals surface area contributed by atoms with Crippen LogP contribution in [0.3, 0.4) is 0 Å². The lowest BCUT2D eigenvalue weighted by Crippen LogP contribution is -2.46. The van der Waals surface area contributed by atoms with Crippen LogP contribution in [-0.2, 0) is 5.41 Å². The molecule has 0 saturated carbocycles. The lowest BCUT2D eigenvalue weighted by atomic mass is 9.96. The number of aromatic nitrogens is 2. The summed E-state index contributed by atoms with van der Waals surface area (Å²) in [4.78, 5) is 18.2. The number of amides is 2. The minimum Gasteiger partial charge on any atom is -0.338 e. The largest absolute Gasteiger partial charge is 0.338 e. The van der Waals surface area contributed by atoms with Crippen molar-refractivity contribution in [1.82, 2.24) is 14.7 Å². The van der Waals surface area contributed by atoms with Crippen molar-refractivity contribution >= 4 is 34.1 Å². The molecule has 6 nitrogen and oxygen atoms in total. The normalized spacial score (nSPS) is 15.4. The van der Waals surface area contributed by atoms with Crippen molar-refractivity contribution in [2.45, 2.75) is 32.6 Å². The zero-order valence-corrected chi connectivity index (χ0v) is 14.4. The van der Waals surface area contributed by atoms with Gasteiger partial charge in [0.1, 0.15) is 5.82 Å². The molecule has 0 radical (unpaired) electrons. The van der Waals surface area contributed by atoms with Gasteiger partial charge in [-0.25, -0.2) is 9.78 Å². The Labute approximate surface area is 140 Å². The fourth-order valence-electron chi connectivity index (χ4n) is 2.33. The molecule has 1 aliphatic rings. The lowest BCUT2D eigenvalue weighted by molar-refractivity contribution is 0.243. The van der Waals surface area contributed by atoms with Gasteiger partial charge in [0, 0.05) is 41.4 Å². The van der Waals surface area contributed by atoms with E-state index in [1.807, 2.05) is 24.3 Å². The molecule has 23 heavy (non-hydrogen) atoms. The summed E-state index contributed by atoms with van der Waals surface area (Å²) >= 11 is 1.35. The number of anilines is 3. The summed E-state index contributed by atoms with van der Waals surface area (Å²) in [5.41, 5.74) is 1.72. The van der Waals surface area contributed by atoms with E-state index in [4.69, 9.17) is 0 Å². The van der Waals surface area contributed by atoms with Crippen molar-refractivity contribution in [2.24, 2.45) is 0 Å². The van der Waals surface area contributed by atoms with E-state index >= 15 is 0 Å². The van der Waals surface area contributed by atoms with Crippen LogP contribution in [0.15, 0.2) is 24.3 Å². The van der Waals surface area contributed by atoms with E-state index in [-0.39, 0.29) is 11.4 Å². The van der Waals surface area contributed by atoms with E-state index in [9.17, 15) is 4.79 Å². The highest BCUT2D eigenvalue weighted by atomic mass is 32.1. The molecule has 1 aromatic carbocycles. The molecule has 2 aromatic rings. The van der Waals surface area contributed by atoms with Crippen molar-refractivity contribution < 1.29 is 4.79 Å². The summed E-state index contributed by atoms with van der Waals surface area (Å²) in [6.45, 7) is 7.76. The van der Waals surface area contributed by atoms with Crippen LogP contribution in [0.25, 0.3) is 0 Å². The second kappa shape index (κ2) is 6.16. The van der Waals surface area contributed by atoms with Crippen molar-refractivity contribution in [1.29, 1.82) is 0 Å². The number of hydrogen-bond acceptors (Lipinski definition) is 5. The smallest absolute Gasteiger partial charge is 0.321 e. The Morgan fingerprint density at radius 2 is 2.17 bits per heavy atom. The summed E-state index contributed by atoms with van der Waals surface area (Å²) in [7, 11) is 0. The average Bonchev–Trinajstić information content (AvgIpc) is 2.97. The van der Waals surface area contributed by atoms with Gasteiger partial charge in [-0.3, -0.25) is 4.90 Å². The molecule has 0 aliphatic carbocycles. The molecular weight excluding hydrogens is 310 g/mol. The Balaban J connectivity index is 1.77. The molecule has 0 bridgehead atoms. The maximum absolute atomic E-state index is 12.0. The summed E-state index contributed by atoms with van der Waals surface area (Å²) in [5, 5.41) is 6.90. The number of carbonyl (C=O) groups is 1. The Morgan fingerprint density at radius 1 is 1.35 bits per heavy atom. The molecular formula is C16H21N5OS. The van der Waals surface area contributed by atoms with Crippen LogP contribution < -0.4 is 15.5 Å². The van der Waals surface area contributed by atoms with Gasteiger partial charge in [-0.1, -0.05) is 26.8 Å². The van der Waals surface area contributed by atoms with Crippen molar-refractivity contribution in [3.63, 3.8) is 0 Å². The number of urea groups is 1. The summed E-state index contributed by atoms with van der Waals surface area (Å²) in [6.07, 6.45) is 0.953. The van der Waals surface area contributed by atoms with Crippen LogP contribution in [0.4, 0.5) is 21.3 Å². The predicted octanol–water partition coefficient (Wildman–Crippen LogP) is 3.50. The van der Waals surface area contributed by atoms with Crippen molar-refractivity contribution in [2.75, 3.05) is 23.3 Å². The second-order valence-corrected chi connectivity index (χ2v) is 7.34. The Hall–Kier alpha value is -2.15. The predicted molar refractivity (Wildman–Crippen MR) is 93.7 cm³/mol. The van der Waals surface area contributed by atoms with Gasteiger partial charge in [0.25, 0.3) is 0 Å². The topological polar surface area (TPSA) is 70.2 Å². The van der Waals surface area contributed by atoms with Crippen LogP contribution in [0.1, 0.15) is 33.0 Å². The first-order valence-electron chi connectivity index (χ1n) is 7.70. The van der Waals surface area contributed by atoms with E-state index in [0.717, 1.165) is 41.8 Å². The average molecular weight is 331 g/mol. The lowest BCUT2D eigenvalue weighted by Gasteiger charge is -2.27. The third-order valence-electron chi connectivity index (χ3n) is 3.59. The minimum absolute atomic E-state index is 0.0423. The first-order valence-corrected chi connectivity index (χ1v) is 8.47. The fourth-order valence-corrected chi connectivity index (χ4v) is 3.11. The molecule has 1 saturated heterocycles. The van der Waals surface area contributed by atoms with E-state index < -0.39 is 0 Å². The van der Waals surface area contributed by atoms with Gasteiger partial charge in [-0.2, -0.15) is 4.37 Å². The first-order chi connectivity index (χ1) is 10.9. The van der Waals surface area contributed by atoms with Crippen LogP contribution in [-0.4, -0.2) is 28.5 Å². The number of hydrogen-bond donors (Lipinski definition) is 2. The molecule has 2 heterocycles. The highest BCUT2D eigenvalue weighted by molar-refractivity contribution is 7.09.